The summed E-state index contributed by atoms with van der Waals surface area (Å²) in [5, 5.41) is 0.886. The summed E-state index contributed by atoms with van der Waals surface area (Å²) in [5.74, 6) is -0.236. The Balaban J connectivity index is 2.86. The first-order valence-corrected chi connectivity index (χ1v) is 6.27. The molecule has 0 aliphatic carbocycles. The fourth-order valence-electron chi connectivity index (χ4n) is 1.48. The first-order valence-electron chi connectivity index (χ1n) is 5.15. The number of hydrogen-bond acceptors (Lipinski definition) is 2. The molecule has 1 aromatic heterocycles. The number of halogens is 1. The summed E-state index contributed by atoms with van der Waals surface area (Å²) in [6.07, 6.45) is 2.78. The van der Waals surface area contributed by atoms with E-state index < -0.39 is 0 Å². The van der Waals surface area contributed by atoms with Crippen LogP contribution in [0.2, 0.25) is 0 Å². The molecule has 0 aromatic carbocycles. The predicted octanol–water partition coefficient (Wildman–Crippen LogP) is 2.62. The van der Waals surface area contributed by atoms with Crippen LogP contribution in [0.3, 0.4) is 0 Å². The zero-order chi connectivity index (χ0) is 11.3. The third-order valence-electron chi connectivity index (χ3n) is 2.18. The Kier molecular flexibility index (Phi) is 4.88. The monoisotopic (exact) mass is 273 g/mol. The summed E-state index contributed by atoms with van der Waals surface area (Å²) in [4.78, 5) is 11.5. The molecule has 0 bridgehead atoms. The van der Waals surface area contributed by atoms with E-state index in [1.165, 1.54) is 0 Å². The standard InChI is InChI=1S/C11H16BrNO2/c1-3-10-7-9(11(14)15-4-2)8-13(10)6-5-12/h7-8H,3-6H2,1-2H3. The Morgan fingerprint density at radius 2 is 2.27 bits per heavy atom. The second kappa shape index (κ2) is 5.95. The van der Waals surface area contributed by atoms with Crippen LogP contribution in [0.15, 0.2) is 12.3 Å². The lowest BCUT2D eigenvalue weighted by Crippen LogP contribution is -2.04. The summed E-state index contributed by atoms with van der Waals surface area (Å²) in [6, 6.07) is 1.90. The van der Waals surface area contributed by atoms with E-state index in [1.807, 2.05) is 19.2 Å². The maximum atomic E-state index is 11.5. The summed E-state index contributed by atoms with van der Waals surface area (Å²) >= 11 is 3.39. The van der Waals surface area contributed by atoms with Crippen LogP contribution in [0, 0.1) is 0 Å². The van der Waals surface area contributed by atoms with Gasteiger partial charge in [-0.05, 0) is 19.4 Å². The highest BCUT2D eigenvalue weighted by Gasteiger charge is 2.11. The topological polar surface area (TPSA) is 31.2 Å². The summed E-state index contributed by atoms with van der Waals surface area (Å²) in [7, 11) is 0. The van der Waals surface area contributed by atoms with Crippen molar-refractivity contribution in [1.29, 1.82) is 0 Å². The van der Waals surface area contributed by atoms with Crippen molar-refractivity contribution >= 4 is 21.9 Å². The molecule has 0 aliphatic rings. The Hall–Kier alpha value is -0.770. The van der Waals surface area contributed by atoms with Crippen molar-refractivity contribution in [3.8, 4) is 0 Å². The lowest BCUT2D eigenvalue weighted by molar-refractivity contribution is 0.0526. The first kappa shape index (κ1) is 12.3. The van der Waals surface area contributed by atoms with Crippen LogP contribution in [0.4, 0.5) is 0 Å². The smallest absolute Gasteiger partial charge is 0.339 e. The molecular weight excluding hydrogens is 258 g/mol. The fraction of sp³-hybridized carbons (Fsp3) is 0.545. The zero-order valence-electron chi connectivity index (χ0n) is 9.12. The molecule has 0 fully saturated rings. The number of carbonyl (C=O) groups excluding carboxylic acids is 1. The van der Waals surface area contributed by atoms with Crippen molar-refractivity contribution in [2.45, 2.75) is 26.8 Å². The predicted molar refractivity (Wildman–Crippen MR) is 63.6 cm³/mol. The largest absolute Gasteiger partial charge is 0.462 e. The van der Waals surface area contributed by atoms with E-state index in [0.717, 1.165) is 24.0 Å². The quantitative estimate of drug-likeness (QED) is 0.610. The lowest BCUT2D eigenvalue weighted by Gasteiger charge is -2.03. The maximum Gasteiger partial charge on any atom is 0.339 e. The van der Waals surface area contributed by atoms with E-state index >= 15 is 0 Å². The van der Waals surface area contributed by atoms with Gasteiger partial charge in [0.05, 0.1) is 12.2 Å². The molecule has 0 saturated heterocycles. The number of esters is 1. The second-order valence-corrected chi connectivity index (χ2v) is 3.97. The van der Waals surface area contributed by atoms with Gasteiger partial charge in [-0.2, -0.15) is 0 Å². The molecule has 3 nitrogen and oxygen atoms in total. The normalized spacial score (nSPS) is 10.3. The van der Waals surface area contributed by atoms with Crippen molar-refractivity contribution in [3.05, 3.63) is 23.5 Å². The van der Waals surface area contributed by atoms with Gasteiger partial charge in [-0.1, -0.05) is 22.9 Å². The Bertz CT molecular complexity index is 333. The van der Waals surface area contributed by atoms with Crippen LogP contribution in [0.25, 0.3) is 0 Å². The summed E-state index contributed by atoms with van der Waals surface area (Å²) in [6.45, 7) is 5.19. The van der Waals surface area contributed by atoms with Crippen molar-refractivity contribution in [2.75, 3.05) is 11.9 Å². The highest BCUT2D eigenvalue weighted by Crippen LogP contribution is 2.11. The van der Waals surface area contributed by atoms with Gasteiger partial charge >= 0.3 is 5.97 Å². The molecule has 84 valence electrons. The first-order chi connectivity index (χ1) is 7.22. The number of aromatic nitrogens is 1. The molecule has 1 aromatic rings. The van der Waals surface area contributed by atoms with Gasteiger partial charge in [0.2, 0.25) is 0 Å². The minimum atomic E-state index is -0.236. The number of ether oxygens (including phenoxy) is 1. The van der Waals surface area contributed by atoms with E-state index in [0.29, 0.717) is 12.2 Å². The van der Waals surface area contributed by atoms with E-state index in [2.05, 4.69) is 27.4 Å². The number of hydrogen-bond donors (Lipinski definition) is 0. The Morgan fingerprint density at radius 1 is 1.53 bits per heavy atom. The van der Waals surface area contributed by atoms with Crippen LogP contribution >= 0.6 is 15.9 Å². The number of rotatable bonds is 5. The average molecular weight is 274 g/mol. The molecule has 0 saturated carbocycles. The molecule has 4 heteroatoms. The number of nitrogens with zero attached hydrogens (tertiary/aromatic N) is 1. The van der Waals surface area contributed by atoms with Crippen molar-refractivity contribution in [3.63, 3.8) is 0 Å². The van der Waals surface area contributed by atoms with Gasteiger partial charge in [-0.25, -0.2) is 4.79 Å². The molecule has 0 unspecified atom stereocenters. The Morgan fingerprint density at radius 3 is 2.80 bits per heavy atom. The molecule has 0 amide bonds. The van der Waals surface area contributed by atoms with Gasteiger partial charge in [0.1, 0.15) is 0 Å². The molecule has 0 spiro atoms. The minimum absolute atomic E-state index is 0.236. The highest BCUT2D eigenvalue weighted by atomic mass is 79.9. The lowest BCUT2D eigenvalue weighted by atomic mass is 10.3. The van der Waals surface area contributed by atoms with Crippen LogP contribution in [0.5, 0.6) is 0 Å². The van der Waals surface area contributed by atoms with Crippen LogP contribution in [-0.4, -0.2) is 22.5 Å². The van der Waals surface area contributed by atoms with E-state index in [-0.39, 0.29) is 5.97 Å². The molecule has 0 aliphatic heterocycles. The molecular formula is C11H16BrNO2. The van der Waals surface area contributed by atoms with Gasteiger partial charge in [0.25, 0.3) is 0 Å². The van der Waals surface area contributed by atoms with Gasteiger partial charge in [-0.3, -0.25) is 0 Å². The number of carbonyl (C=O) groups is 1. The second-order valence-electron chi connectivity index (χ2n) is 3.18. The SMILES string of the molecule is CCOC(=O)c1cc(CC)n(CCBr)c1. The van der Waals surface area contributed by atoms with Crippen molar-refractivity contribution < 1.29 is 9.53 Å². The Labute approximate surface area is 98.5 Å². The van der Waals surface area contributed by atoms with Gasteiger partial charge < -0.3 is 9.30 Å². The minimum Gasteiger partial charge on any atom is -0.462 e. The average Bonchev–Trinajstić information content (AvgIpc) is 2.62. The third kappa shape index (κ3) is 3.09. The summed E-state index contributed by atoms with van der Waals surface area (Å²) < 4.78 is 7.04. The van der Waals surface area contributed by atoms with Crippen LogP contribution in [-0.2, 0) is 17.7 Å². The fourth-order valence-corrected chi connectivity index (χ4v) is 1.86. The van der Waals surface area contributed by atoms with E-state index in [4.69, 9.17) is 4.74 Å². The maximum absolute atomic E-state index is 11.5. The molecule has 15 heavy (non-hydrogen) atoms. The molecule has 1 heterocycles. The molecule has 0 N–H and O–H groups in total. The zero-order valence-corrected chi connectivity index (χ0v) is 10.7. The van der Waals surface area contributed by atoms with E-state index in [9.17, 15) is 4.79 Å². The molecule has 0 radical (unpaired) electrons. The van der Waals surface area contributed by atoms with E-state index in [1.54, 1.807) is 0 Å². The highest BCUT2D eigenvalue weighted by molar-refractivity contribution is 9.09. The van der Waals surface area contributed by atoms with Gasteiger partial charge in [-0.15, -0.1) is 0 Å². The van der Waals surface area contributed by atoms with Gasteiger partial charge in [0, 0.05) is 23.8 Å². The van der Waals surface area contributed by atoms with Crippen LogP contribution in [0.1, 0.15) is 29.9 Å². The third-order valence-corrected chi connectivity index (χ3v) is 2.54. The summed E-state index contributed by atoms with van der Waals surface area (Å²) in [5.41, 5.74) is 1.81. The number of aryl methyl sites for hydroxylation is 2. The van der Waals surface area contributed by atoms with Crippen molar-refractivity contribution in [1.82, 2.24) is 4.57 Å². The van der Waals surface area contributed by atoms with Crippen molar-refractivity contribution in [2.24, 2.45) is 0 Å². The van der Waals surface area contributed by atoms with Gasteiger partial charge in [0.15, 0.2) is 0 Å². The molecule has 1 rings (SSSR count). The molecule has 0 atom stereocenters. The van der Waals surface area contributed by atoms with Crippen LogP contribution < -0.4 is 0 Å². The number of alkyl halides is 1.